The summed E-state index contributed by atoms with van der Waals surface area (Å²) in [5.74, 6) is -0.271. The van der Waals surface area contributed by atoms with E-state index >= 15 is 0 Å². The number of benzene rings is 2. The van der Waals surface area contributed by atoms with Crippen molar-refractivity contribution in [1.29, 1.82) is 0 Å². The number of likely N-dealkylation sites (N-methyl/N-ethyl adjacent to an activating group) is 1. The van der Waals surface area contributed by atoms with Crippen molar-refractivity contribution >= 4 is 40.8 Å². The second-order valence-electron chi connectivity index (χ2n) is 10.7. The summed E-state index contributed by atoms with van der Waals surface area (Å²) < 4.78 is 12.1. The van der Waals surface area contributed by atoms with Gasteiger partial charge in [0.1, 0.15) is 6.04 Å². The Morgan fingerprint density at radius 1 is 1.00 bits per heavy atom. The number of hydrogen-bond donors (Lipinski definition) is 3. The molecule has 5 rings (SSSR count). The molecular weight excluding hydrogens is 619 g/mol. The molecule has 45 heavy (non-hydrogen) atoms. The SMILES string of the molecule is COC(=O)[C@H](CO)NCc1ccc(-c2cccc(-c3cccc(NC(=O)c4nc5c(n4C)CCN(C)C5)c3Cl)c2Cl)nc1OC. The van der Waals surface area contributed by atoms with Gasteiger partial charge in [-0.1, -0.05) is 59.6 Å². The number of carbonyl (C=O) groups excluding carboxylic acids is 2. The van der Waals surface area contributed by atoms with Crippen LogP contribution in [-0.4, -0.2) is 76.9 Å². The average molecular weight is 654 g/mol. The fraction of sp³-hybridized carbons (Fsp3) is 0.312. The molecule has 0 fully saturated rings. The van der Waals surface area contributed by atoms with Crippen LogP contribution in [0.1, 0.15) is 27.6 Å². The van der Waals surface area contributed by atoms with Gasteiger partial charge in [-0.3, -0.25) is 14.9 Å². The Hall–Kier alpha value is -4.00. The number of pyridine rings is 1. The standard InChI is InChI=1S/C32H34Cl2N6O5/c1-39-14-13-26-24(16-39)36-29(40(26)2)30(42)37-23-10-6-8-20(28(23)34)19-7-5-9-21(27(19)33)22-12-11-18(31(38-22)44-3)15-35-25(17-41)32(43)45-4/h5-12,25,35,41H,13-17H2,1-4H3,(H,37,42)/t25-/m0/s1. The van der Waals surface area contributed by atoms with Crippen molar-refractivity contribution in [3.8, 4) is 28.3 Å². The number of imidazole rings is 1. The summed E-state index contributed by atoms with van der Waals surface area (Å²) in [7, 11) is 6.64. The zero-order valence-corrected chi connectivity index (χ0v) is 26.9. The van der Waals surface area contributed by atoms with E-state index in [9.17, 15) is 14.7 Å². The smallest absolute Gasteiger partial charge is 0.325 e. The van der Waals surface area contributed by atoms with Gasteiger partial charge in [0.15, 0.2) is 5.82 Å². The van der Waals surface area contributed by atoms with Crippen LogP contribution in [0.15, 0.2) is 48.5 Å². The van der Waals surface area contributed by atoms with Crippen LogP contribution in [0, 0.1) is 0 Å². The molecule has 13 heteroatoms. The fourth-order valence-corrected chi connectivity index (χ4v) is 5.94. The number of aliphatic hydroxyl groups is 1. The van der Waals surface area contributed by atoms with Crippen LogP contribution in [0.5, 0.6) is 5.88 Å². The van der Waals surface area contributed by atoms with Crippen LogP contribution < -0.4 is 15.4 Å². The van der Waals surface area contributed by atoms with Gasteiger partial charge in [-0.15, -0.1) is 0 Å². The number of methoxy groups -OCH3 is 2. The summed E-state index contributed by atoms with van der Waals surface area (Å²) in [4.78, 5) is 36.6. The molecule has 0 aliphatic carbocycles. The zero-order valence-electron chi connectivity index (χ0n) is 25.4. The monoisotopic (exact) mass is 652 g/mol. The summed E-state index contributed by atoms with van der Waals surface area (Å²) in [6, 6.07) is 13.6. The molecule has 0 saturated carbocycles. The number of fused-ring (bicyclic) bond motifs is 1. The Labute approximate surface area is 271 Å². The summed E-state index contributed by atoms with van der Waals surface area (Å²) in [5, 5.41) is 16.1. The molecule has 1 aliphatic rings. The van der Waals surface area contributed by atoms with Crippen LogP contribution in [0.25, 0.3) is 22.4 Å². The maximum Gasteiger partial charge on any atom is 0.325 e. The minimum absolute atomic E-state index is 0.205. The van der Waals surface area contributed by atoms with E-state index in [1.165, 1.54) is 14.2 Å². The van der Waals surface area contributed by atoms with Crippen LogP contribution in [-0.2, 0) is 36.1 Å². The van der Waals surface area contributed by atoms with Gasteiger partial charge in [-0.2, -0.15) is 0 Å². The Balaban J connectivity index is 1.40. The molecule has 0 bridgehead atoms. The minimum Gasteiger partial charge on any atom is -0.481 e. The molecule has 0 radical (unpaired) electrons. The van der Waals surface area contributed by atoms with E-state index < -0.39 is 18.6 Å². The fourth-order valence-electron chi connectivity index (χ4n) is 5.34. The van der Waals surface area contributed by atoms with Crippen molar-refractivity contribution in [3.63, 3.8) is 0 Å². The molecule has 236 valence electrons. The summed E-state index contributed by atoms with van der Waals surface area (Å²) in [5.41, 5.74) is 5.56. The number of amides is 1. The molecule has 4 aromatic rings. The second kappa shape index (κ2) is 14.0. The molecule has 1 atom stereocenters. The van der Waals surface area contributed by atoms with E-state index in [0.29, 0.717) is 61.9 Å². The summed E-state index contributed by atoms with van der Waals surface area (Å²) in [6.45, 7) is 1.39. The third-order valence-corrected chi connectivity index (χ3v) is 8.62. The highest BCUT2D eigenvalue weighted by Crippen LogP contribution is 2.41. The average Bonchev–Trinajstić information content (AvgIpc) is 3.37. The number of anilines is 1. The largest absolute Gasteiger partial charge is 0.481 e. The van der Waals surface area contributed by atoms with E-state index in [1.807, 2.05) is 42.9 Å². The van der Waals surface area contributed by atoms with Crippen molar-refractivity contribution in [3.05, 3.63) is 81.4 Å². The van der Waals surface area contributed by atoms with Crippen molar-refractivity contribution < 1.29 is 24.2 Å². The lowest BCUT2D eigenvalue weighted by Crippen LogP contribution is -2.40. The minimum atomic E-state index is -0.883. The lowest BCUT2D eigenvalue weighted by Gasteiger charge is -2.21. The quantitative estimate of drug-likeness (QED) is 0.214. The molecule has 3 heterocycles. The third-order valence-electron chi connectivity index (χ3n) is 7.80. The van der Waals surface area contributed by atoms with Gasteiger partial charge < -0.3 is 29.4 Å². The molecule has 1 aliphatic heterocycles. The number of esters is 1. The normalized spacial score (nSPS) is 13.7. The van der Waals surface area contributed by atoms with Gasteiger partial charge in [0.25, 0.3) is 5.91 Å². The first kappa shape index (κ1) is 32.4. The Kier molecular flexibility index (Phi) is 10.1. The predicted octanol–water partition coefficient (Wildman–Crippen LogP) is 4.33. The Morgan fingerprint density at radius 3 is 2.42 bits per heavy atom. The van der Waals surface area contributed by atoms with Crippen LogP contribution in [0.3, 0.4) is 0 Å². The molecule has 0 spiro atoms. The van der Waals surface area contributed by atoms with E-state index in [0.717, 1.165) is 24.4 Å². The first-order valence-electron chi connectivity index (χ1n) is 14.2. The third kappa shape index (κ3) is 6.68. The first-order chi connectivity index (χ1) is 21.7. The molecule has 2 aromatic heterocycles. The molecule has 11 nitrogen and oxygen atoms in total. The molecule has 2 aromatic carbocycles. The molecule has 0 saturated heterocycles. The van der Waals surface area contributed by atoms with Crippen molar-refractivity contribution in [1.82, 2.24) is 24.8 Å². The number of nitrogens with zero attached hydrogens (tertiary/aromatic N) is 4. The zero-order chi connectivity index (χ0) is 32.2. The Bertz CT molecular complexity index is 1740. The lowest BCUT2D eigenvalue weighted by molar-refractivity contribution is -0.144. The highest BCUT2D eigenvalue weighted by molar-refractivity contribution is 6.39. The van der Waals surface area contributed by atoms with E-state index in [4.69, 9.17) is 32.7 Å². The molecule has 3 N–H and O–H groups in total. The maximum atomic E-state index is 13.3. The number of ether oxygens (including phenoxy) is 2. The molecular formula is C32H34Cl2N6O5. The van der Waals surface area contributed by atoms with Crippen LogP contribution in [0.4, 0.5) is 5.69 Å². The number of nitrogens with one attached hydrogen (secondary N) is 2. The van der Waals surface area contributed by atoms with Gasteiger partial charge >= 0.3 is 5.97 Å². The van der Waals surface area contributed by atoms with E-state index in [2.05, 4.69) is 25.5 Å². The highest BCUT2D eigenvalue weighted by atomic mass is 35.5. The highest BCUT2D eigenvalue weighted by Gasteiger charge is 2.25. The van der Waals surface area contributed by atoms with Gasteiger partial charge in [0, 0.05) is 61.1 Å². The topological polar surface area (TPSA) is 131 Å². The first-order valence-corrected chi connectivity index (χ1v) is 15.0. The molecule has 0 unspecified atom stereocenters. The second-order valence-corrected chi connectivity index (χ2v) is 11.4. The van der Waals surface area contributed by atoms with Crippen molar-refractivity contribution in [2.24, 2.45) is 7.05 Å². The van der Waals surface area contributed by atoms with Gasteiger partial charge in [0.05, 0.1) is 47.9 Å². The number of rotatable bonds is 10. The molecule has 1 amide bonds. The van der Waals surface area contributed by atoms with Gasteiger partial charge in [-0.25, -0.2) is 9.97 Å². The predicted molar refractivity (Wildman–Crippen MR) is 173 cm³/mol. The van der Waals surface area contributed by atoms with Crippen molar-refractivity contribution in [2.75, 3.05) is 39.7 Å². The van der Waals surface area contributed by atoms with Crippen molar-refractivity contribution in [2.45, 2.75) is 25.6 Å². The number of carbonyl (C=O) groups is 2. The number of hydrogen-bond acceptors (Lipinski definition) is 9. The maximum absolute atomic E-state index is 13.3. The van der Waals surface area contributed by atoms with E-state index in [1.54, 1.807) is 24.3 Å². The summed E-state index contributed by atoms with van der Waals surface area (Å²) in [6.07, 6.45) is 0.827. The van der Waals surface area contributed by atoms with Crippen LogP contribution in [0.2, 0.25) is 10.0 Å². The lowest BCUT2D eigenvalue weighted by atomic mass is 10.00. The van der Waals surface area contributed by atoms with Gasteiger partial charge in [0.2, 0.25) is 5.88 Å². The number of aliphatic hydroxyl groups excluding tert-OH is 1. The number of aromatic nitrogens is 3. The number of halogens is 2. The van der Waals surface area contributed by atoms with Crippen LogP contribution >= 0.6 is 23.2 Å². The van der Waals surface area contributed by atoms with E-state index in [-0.39, 0.29) is 12.5 Å². The van der Waals surface area contributed by atoms with Gasteiger partial charge in [-0.05, 0) is 19.2 Å². The Morgan fingerprint density at radius 2 is 1.71 bits per heavy atom. The summed E-state index contributed by atoms with van der Waals surface area (Å²) >= 11 is 13.8.